The summed E-state index contributed by atoms with van der Waals surface area (Å²) in [5.74, 6) is 0. The summed E-state index contributed by atoms with van der Waals surface area (Å²) in [6.07, 6.45) is 8.16. The number of aromatic nitrogens is 2. The molecule has 0 aliphatic rings. The highest BCUT2D eigenvalue weighted by Gasteiger charge is 1.92. The van der Waals surface area contributed by atoms with Crippen molar-refractivity contribution in [2.24, 2.45) is 0 Å². The van der Waals surface area contributed by atoms with E-state index in [-0.39, 0.29) is 0 Å². The van der Waals surface area contributed by atoms with Crippen molar-refractivity contribution in [1.29, 1.82) is 0 Å². The highest BCUT2D eigenvalue weighted by Crippen LogP contribution is 1.94. The second-order valence-corrected chi connectivity index (χ2v) is 3.62. The predicted molar refractivity (Wildman–Crippen MR) is 54.6 cm³/mol. The summed E-state index contributed by atoms with van der Waals surface area (Å²) in [5, 5.41) is 3.40. The lowest BCUT2D eigenvalue weighted by Gasteiger charge is -2.07. The normalized spacial score (nSPS) is 11.0. The lowest BCUT2D eigenvalue weighted by molar-refractivity contribution is 0.531. The van der Waals surface area contributed by atoms with Crippen LogP contribution in [0.5, 0.6) is 0 Å². The van der Waals surface area contributed by atoms with Crippen LogP contribution >= 0.6 is 0 Å². The molecule has 13 heavy (non-hydrogen) atoms. The Labute approximate surface area is 80.2 Å². The van der Waals surface area contributed by atoms with Gasteiger partial charge in [0.15, 0.2) is 0 Å². The van der Waals surface area contributed by atoms with Crippen LogP contribution in [0.4, 0.5) is 0 Å². The number of unbranched alkanes of at least 4 members (excludes halogenated alkanes) is 1. The fraction of sp³-hybridized carbons (Fsp3) is 0.700. The van der Waals surface area contributed by atoms with E-state index in [0.29, 0.717) is 6.04 Å². The third-order valence-electron chi connectivity index (χ3n) is 1.95. The number of hydrogen-bond acceptors (Lipinski definition) is 2. The minimum Gasteiger partial charge on any atom is -0.337 e. The van der Waals surface area contributed by atoms with Gasteiger partial charge in [0.25, 0.3) is 0 Å². The second-order valence-electron chi connectivity index (χ2n) is 3.62. The quantitative estimate of drug-likeness (QED) is 0.676. The van der Waals surface area contributed by atoms with Crippen LogP contribution in [-0.2, 0) is 6.54 Å². The molecule has 0 fully saturated rings. The number of aryl methyl sites for hydroxylation is 1. The molecule has 0 aromatic carbocycles. The topological polar surface area (TPSA) is 29.9 Å². The van der Waals surface area contributed by atoms with Gasteiger partial charge in [0.1, 0.15) is 0 Å². The van der Waals surface area contributed by atoms with Gasteiger partial charge in [0.05, 0.1) is 6.33 Å². The summed E-state index contributed by atoms with van der Waals surface area (Å²) < 4.78 is 2.12. The molecule has 1 aromatic heterocycles. The summed E-state index contributed by atoms with van der Waals surface area (Å²) in [6.45, 7) is 6.55. The third kappa shape index (κ3) is 4.68. The Morgan fingerprint density at radius 2 is 2.23 bits per heavy atom. The van der Waals surface area contributed by atoms with Crippen molar-refractivity contribution in [2.45, 2.75) is 39.3 Å². The standard InChI is InChI=1S/C10H19N3/c1-10(2)12-5-3-4-7-13-8-6-11-9-13/h6,8-10,12H,3-5,7H2,1-2H3. The van der Waals surface area contributed by atoms with E-state index in [1.807, 2.05) is 18.7 Å². The molecule has 0 aliphatic carbocycles. The van der Waals surface area contributed by atoms with Crippen molar-refractivity contribution in [3.8, 4) is 0 Å². The Bertz CT molecular complexity index is 204. The summed E-state index contributed by atoms with van der Waals surface area (Å²) in [4.78, 5) is 4.00. The van der Waals surface area contributed by atoms with Crippen LogP contribution in [0.3, 0.4) is 0 Å². The lowest BCUT2D eigenvalue weighted by Crippen LogP contribution is -2.23. The Kier molecular flexibility index (Phi) is 4.54. The van der Waals surface area contributed by atoms with Crippen molar-refractivity contribution < 1.29 is 0 Å². The van der Waals surface area contributed by atoms with Crippen molar-refractivity contribution in [3.05, 3.63) is 18.7 Å². The van der Waals surface area contributed by atoms with E-state index in [0.717, 1.165) is 13.1 Å². The molecule has 1 aromatic rings. The highest BCUT2D eigenvalue weighted by molar-refractivity contribution is 4.73. The van der Waals surface area contributed by atoms with Crippen molar-refractivity contribution >= 4 is 0 Å². The van der Waals surface area contributed by atoms with E-state index in [1.165, 1.54) is 12.8 Å². The van der Waals surface area contributed by atoms with Gasteiger partial charge in [0, 0.05) is 25.0 Å². The van der Waals surface area contributed by atoms with E-state index in [2.05, 4.69) is 28.7 Å². The zero-order valence-corrected chi connectivity index (χ0v) is 8.53. The molecule has 0 radical (unpaired) electrons. The number of nitrogens with zero attached hydrogens (tertiary/aromatic N) is 2. The predicted octanol–water partition coefficient (Wildman–Crippen LogP) is 1.66. The first-order valence-corrected chi connectivity index (χ1v) is 4.98. The first kappa shape index (κ1) is 10.3. The average molecular weight is 181 g/mol. The van der Waals surface area contributed by atoms with Gasteiger partial charge in [0.2, 0.25) is 0 Å². The van der Waals surface area contributed by atoms with Crippen LogP contribution in [0.1, 0.15) is 26.7 Å². The van der Waals surface area contributed by atoms with Crippen LogP contribution in [0.2, 0.25) is 0 Å². The minimum atomic E-state index is 0.605. The molecular weight excluding hydrogens is 162 g/mol. The molecule has 74 valence electrons. The van der Waals surface area contributed by atoms with Gasteiger partial charge in [-0.1, -0.05) is 13.8 Å². The Morgan fingerprint density at radius 3 is 2.85 bits per heavy atom. The molecule has 1 N–H and O–H groups in total. The van der Waals surface area contributed by atoms with Gasteiger partial charge in [-0.2, -0.15) is 0 Å². The van der Waals surface area contributed by atoms with Gasteiger partial charge in [-0.3, -0.25) is 0 Å². The van der Waals surface area contributed by atoms with Crippen LogP contribution < -0.4 is 5.32 Å². The van der Waals surface area contributed by atoms with E-state index in [1.54, 1.807) is 0 Å². The molecule has 0 spiro atoms. The number of rotatable bonds is 6. The Balaban J connectivity index is 1.96. The molecule has 1 heterocycles. The van der Waals surface area contributed by atoms with Gasteiger partial charge >= 0.3 is 0 Å². The van der Waals surface area contributed by atoms with Crippen LogP contribution in [-0.4, -0.2) is 22.1 Å². The number of hydrogen-bond donors (Lipinski definition) is 1. The first-order chi connectivity index (χ1) is 6.29. The molecule has 1 rings (SSSR count). The fourth-order valence-electron chi connectivity index (χ4n) is 1.23. The zero-order valence-electron chi connectivity index (χ0n) is 8.53. The average Bonchev–Trinajstić information content (AvgIpc) is 2.55. The molecule has 0 amide bonds. The summed E-state index contributed by atoms with van der Waals surface area (Å²) >= 11 is 0. The zero-order chi connectivity index (χ0) is 9.52. The number of nitrogens with one attached hydrogen (secondary N) is 1. The molecule has 3 nitrogen and oxygen atoms in total. The summed E-state index contributed by atoms with van der Waals surface area (Å²) in [7, 11) is 0. The Morgan fingerprint density at radius 1 is 1.38 bits per heavy atom. The maximum absolute atomic E-state index is 4.00. The van der Waals surface area contributed by atoms with E-state index >= 15 is 0 Å². The fourth-order valence-corrected chi connectivity index (χ4v) is 1.23. The Hall–Kier alpha value is -0.830. The van der Waals surface area contributed by atoms with Crippen molar-refractivity contribution in [1.82, 2.24) is 14.9 Å². The van der Waals surface area contributed by atoms with Gasteiger partial charge in [-0.25, -0.2) is 4.98 Å². The monoisotopic (exact) mass is 181 g/mol. The molecule has 3 heteroatoms. The SMILES string of the molecule is CC(C)NCCCCn1ccnc1. The molecular formula is C10H19N3. The lowest BCUT2D eigenvalue weighted by atomic mass is 10.3. The van der Waals surface area contributed by atoms with Gasteiger partial charge in [-0.15, -0.1) is 0 Å². The largest absolute Gasteiger partial charge is 0.337 e. The molecule has 0 atom stereocenters. The molecule has 0 bridgehead atoms. The molecule has 0 unspecified atom stereocenters. The van der Waals surface area contributed by atoms with Gasteiger partial charge in [-0.05, 0) is 19.4 Å². The van der Waals surface area contributed by atoms with Crippen molar-refractivity contribution in [2.75, 3.05) is 6.54 Å². The first-order valence-electron chi connectivity index (χ1n) is 4.98. The smallest absolute Gasteiger partial charge is 0.0945 e. The van der Waals surface area contributed by atoms with Crippen molar-refractivity contribution in [3.63, 3.8) is 0 Å². The highest BCUT2D eigenvalue weighted by atomic mass is 15.0. The molecule has 0 saturated carbocycles. The van der Waals surface area contributed by atoms with E-state index in [9.17, 15) is 0 Å². The number of imidazole rings is 1. The van der Waals surface area contributed by atoms with Crippen LogP contribution in [0, 0.1) is 0 Å². The third-order valence-corrected chi connectivity index (χ3v) is 1.95. The van der Waals surface area contributed by atoms with E-state index < -0.39 is 0 Å². The van der Waals surface area contributed by atoms with Crippen LogP contribution in [0.15, 0.2) is 18.7 Å². The van der Waals surface area contributed by atoms with E-state index in [4.69, 9.17) is 0 Å². The minimum absolute atomic E-state index is 0.605. The second kappa shape index (κ2) is 5.75. The maximum Gasteiger partial charge on any atom is 0.0945 e. The molecule has 0 saturated heterocycles. The molecule has 0 aliphatic heterocycles. The van der Waals surface area contributed by atoms with Crippen LogP contribution in [0.25, 0.3) is 0 Å². The maximum atomic E-state index is 4.00. The summed E-state index contributed by atoms with van der Waals surface area (Å²) in [5.41, 5.74) is 0. The van der Waals surface area contributed by atoms with Gasteiger partial charge < -0.3 is 9.88 Å². The summed E-state index contributed by atoms with van der Waals surface area (Å²) in [6, 6.07) is 0.605.